The lowest BCUT2D eigenvalue weighted by Gasteiger charge is -2.53. The van der Waals surface area contributed by atoms with Gasteiger partial charge in [0.1, 0.15) is 49.7 Å². The summed E-state index contributed by atoms with van der Waals surface area (Å²) < 4.78 is 76.5. The predicted molar refractivity (Wildman–Crippen MR) is 249 cm³/mol. The lowest BCUT2D eigenvalue weighted by molar-refractivity contribution is -0.338. The molecule has 0 bridgehead atoms. The maximum absolute atomic E-state index is 17.1. The van der Waals surface area contributed by atoms with Gasteiger partial charge in [-0.2, -0.15) is 8.78 Å². The highest BCUT2D eigenvalue weighted by Gasteiger charge is 2.68. The van der Waals surface area contributed by atoms with Crippen LogP contribution in [0, 0.1) is 0 Å². The summed E-state index contributed by atoms with van der Waals surface area (Å²) >= 11 is 0. The summed E-state index contributed by atoms with van der Waals surface area (Å²) in [5, 5.41) is 5.09. The van der Waals surface area contributed by atoms with Crippen LogP contribution in [0.5, 0.6) is 0 Å². The first-order chi connectivity index (χ1) is 32.4. The number of hydrogen-bond acceptors (Lipinski definition) is 11. The molecule has 2 saturated heterocycles. The molecule has 2 aliphatic rings. The summed E-state index contributed by atoms with van der Waals surface area (Å²) in [7, 11) is 0. The van der Waals surface area contributed by atoms with Crippen LogP contribution in [0.1, 0.15) is 129 Å². The van der Waals surface area contributed by atoms with Crippen LogP contribution in [0.15, 0.2) is 60.7 Å². The fourth-order valence-corrected chi connectivity index (χ4v) is 8.17. The number of halogens is 2. The fraction of sp³-hybridized carbons (Fsp3) is 0.686. The summed E-state index contributed by atoms with van der Waals surface area (Å²) in [6.45, 7) is 10.5. The lowest BCUT2D eigenvalue weighted by Crippen LogP contribution is -2.74. The van der Waals surface area contributed by atoms with Crippen LogP contribution in [0.2, 0.25) is 0 Å². The second-order valence-corrected chi connectivity index (χ2v) is 17.6. The largest absolute Gasteiger partial charge is 0.459 e. The molecule has 2 aromatic carbocycles. The van der Waals surface area contributed by atoms with Crippen LogP contribution in [-0.4, -0.2) is 123 Å². The van der Waals surface area contributed by atoms with Gasteiger partial charge in [0.15, 0.2) is 5.60 Å². The Morgan fingerprint density at radius 1 is 0.761 bits per heavy atom. The van der Waals surface area contributed by atoms with Gasteiger partial charge in [0.25, 0.3) is 5.91 Å². The number of unbranched alkanes of at least 4 members (excludes halogenated alkanes) is 5. The molecule has 7 atom stereocenters. The van der Waals surface area contributed by atoms with Gasteiger partial charge in [-0.15, -0.1) is 0 Å². The van der Waals surface area contributed by atoms with E-state index in [0.29, 0.717) is 38.9 Å². The number of amides is 3. The van der Waals surface area contributed by atoms with E-state index >= 15 is 8.78 Å². The van der Waals surface area contributed by atoms with Gasteiger partial charge in [0, 0.05) is 39.5 Å². The fourth-order valence-electron chi connectivity index (χ4n) is 8.17. The third kappa shape index (κ3) is 16.8. The van der Waals surface area contributed by atoms with E-state index in [9.17, 15) is 19.2 Å². The molecule has 3 amide bonds. The zero-order valence-corrected chi connectivity index (χ0v) is 40.5. The lowest BCUT2D eigenvalue weighted by atomic mass is 9.80. The van der Waals surface area contributed by atoms with Crippen molar-refractivity contribution in [2.24, 2.45) is 0 Å². The van der Waals surface area contributed by atoms with Crippen LogP contribution in [-0.2, 0) is 60.8 Å². The molecule has 67 heavy (non-hydrogen) atoms. The SMILES string of the molecule is CCCCOC[C@H]1O[C@@](C)(C(F)(F)C(=O)NCCCC[C@H](NC(=O)OCc2ccccc2)C(=O)N2CCC[C@H]2C(=O)OCc2ccccc2)[C@H](OCCCC)[C@@H](OCCCC)[C@H]1OCCCC. The molecule has 0 aromatic heterocycles. The first-order valence-corrected chi connectivity index (χ1v) is 24.7. The number of carbonyl (C=O) groups excluding carboxylic acids is 4. The van der Waals surface area contributed by atoms with E-state index in [2.05, 4.69) is 10.6 Å². The van der Waals surface area contributed by atoms with E-state index in [1.165, 1.54) is 11.8 Å². The average molecular weight is 946 g/mol. The molecule has 14 nitrogen and oxygen atoms in total. The van der Waals surface area contributed by atoms with E-state index in [4.69, 9.17) is 33.2 Å². The maximum Gasteiger partial charge on any atom is 0.408 e. The Labute approximate surface area is 396 Å². The second-order valence-electron chi connectivity index (χ2n) is 17.6. The van der Waals surface area contributed by atoms with Crippen molar-refractivity contribution in [3.8, 4) is 0 Å². The highest BCUT2D eigenvalue weighted by atomic mass is 19.3. The molecule has 2 heterocycles. The minimum atomic E-state index is -4.12. The summed E-state index contributed by atoms with van der Waals surface area (Å²) in [4.78, 5) is 55.7. The minimum Gasteiger partial charge on any atom is -0.459 e. The van der Waals surface area contributed by atoms with Crippen molar-refractivity contribution in [3.05, 3.63) is 71.8 Å². The van der Waals surface area contributed by atoms with Gasteiger partial charge in [0.05, 0.1) is 6.61 Å². The van der Waals surface area contributed by atoms with Gasteiger partial charge in [-0.3, -0.25) is 9.59 Å². The molecule has 16 heteroatoms. The summed E-state index contributed by atoms with van der Waals surface area (Å²) in [6.07, 6.45) is 2.55. The molecule has 2 aromatic rings. The summed E-state index contributed by atoms with van der Waals surface area (Å²) in [5.74, 6) is -6.71. The minimum absolute atomic E-state index is 0.0378. The van der Waals surface area contributed by atoms with Gasteiger partial charge in [0.2, 0.25) is 5.91 Å². The van der Waals surface area contributed by atoms with Crippen molar-refractivity contribution in [3.63, 3.8) is 0 Å². The quantitative estimate of drug-likeness (QED) is 0.0552. The molecule has 2 N–H and O–H groups in total. The van der Waals surface area contributed by atoms with Crippen LogP contribution in [0.25, 0.3) is 0 Å². The van der Waals surface area contributed by atoms with Gasteiger partial charge in [-0.25, -0.2) is 9.59 Å². The maximum atomic E-state index is 17.1. The van der Waals surface area contributed by atoms with Crippen molar-refractivity contribution in [2.45, 2.75) is 179 Å². The zero-order chi connectivity index (χ0) is 48.5. The third-order valence-electron chi connectivity index (χ3n) is 12.2. The van der Waals surface area contributed by atoms with E-state index in [1.54, 1.807) is 12.1 Å². The number of nitrogens with one attached hydrogen (secondary N) is 2. The molecule has 0 spiro atoms. The van der Waals surface area contributed by atoms with Gasteiger partial charge >= 0.3 is 18.0 Å². The van der Waals surface area contributed by atoms with Crippen LogP contribution in [0.3, 0.4) is 0 Å². The number of alkyl carbamates (subject to hydrolysis) is 1. The zero-order valence-electron chi connectivity index (χ0n) is 40.5. The van der Waals surface area contributed by atoms with E-state index < -0.39 is 71.9 Å². The number of ether oxygens (including phenoxy) is 7. The highest BCUT2D eigenvalue weighted by molar-refractivity contribution is 5.90. The van der Waals surface area contributed by atoms with Gasteiger partial charge < -0.3 is 48.7 Å². The smallest absolute Gasteiger partial charge is 0.408 e. The van der Waals surface area contributed by atoms with Gasteiger partial charge in [-0.05, 0) is 75.8 Å². The number of rotatable bonds is 31. The Kier molecular flexibility index (Phi) is 24.5. The Bertz CT molecular complexity index is 1740. The Morgan fingerprint density at radius 2 is 1.33 bits per heavy atom. The monoisotopic (exact) mass is 946 g/mol. The number of esters is 1. The first kappa shape index (κ1) is 55.4. The molecule has 2 fully saturated rings. The molecule has 376 valence electrons. The number of hydrogen-bond donors (Lipinski definition) is 2. The van der Waals surface area contributed by atoms with Gasteiger partial charge in [-0.1, -0.05) is 114 Å². The molecule has 2 aliphatic heterocycles. The van der Waals surface area contributed by atoms with Crippen molar-refractivity contribution in [2.75, 3.05) is 46.1 Å². The molecule has 0 radical (unpaired) electrons. The third-order valence-corrected chi connectivity index (χ3v) is 12.2. The highest BCUT2D eigenvalue weighted by Crippen LogP contribution is 2.45. The number of nitrogens with zero attached hydrogens (tertiary/aromatic N) is 1. The van der Waals surface area contributed by atoms with Crippen LogP contribution in [0.4, 0.5) is 13.6 Å². The molecule has 0 saturated carbocycles. The molecule has 0 aliphatic carbocycles. The Morgan fingerprint density at radius 3 is 1.94 bits per heavy atom. The standard InChI is InChI=1S/C51H77F2N3O11/c1-6-10-31-61-37-42-43(62-32-11-7-2)44(63-33-12-8-3)45(64-34-13-9-4)50(5,67-42)51(52,53)48(59)54-29-21-20-27-40(55-49(60)66-36-39-25-18-15-19-26-39)46(57)56-30-22-28-41(56)47(58)65-35-38-23-16-14-17-24-38/h14-19,23-26,40-45H,6-13,20-22,27-37H2,1-5H3,(H,54,59)(H,55,60)/t40-,41-,42+,43-,44-,45+,50+/m0/s1. The molecule has 4 rings (SSSR count). The van der Waals surface area contributed by atoms with Crippen LogP contribution >= 0.6 is 0 Å². The van der Waals surface area contributed by atoms with E-state index in [1.807, 2.05) is 76.2 Å². The summed E-state index contributed by atoms with van der Waals surface area (Å²) in [5.41, 5.74) is -0.937. The Hall–Kier alpha value is -4.22. The number of benzene rings is 2. The van der Waals surface area contributed by atoms with E-state index in [-0.39, 0.29) is 65.4 Å². The molecular formula is C51H77F2N3O11. The average Bonchev–Trinajstić information content (AvgIpc) is 3.83. The molecular weight excluding hydrogens is 869 g/mol. The predicted octanol–water partition coefficient (Wildman–Crippen LogP) is 8.47. The summed E-state index contributed by atoms with van der Waals surface area (Å²) in [6, 6.07) is 16.3. The normalized spacial score (nSPS) is 22.3. The molecule has 0 unspecified atom stereocenters. The number of likely N-dealkylation sites (tertiary alicyclic amines) is 1. The Balaban J connectivity index is 1.48. The van der Waals surface area contributed by atoms with Crippen LogP contribution < -0.4 is 10.6 Å². The van der Waals surface area contributed by atoms with Crippen molar-refractivity contribution in [1.29, 1.82) is 0 Å². The van der Waals surface area contributed by atoms with E-state index in [0.717, 1.165) is 49.7 Å². The topological polar surface area (TPSA) is 160 Å². The van der Waals surface area contributed by atoms with Crippen molar-refractivity contribution in [1.82, 2.24) is 15.5 Å². The van der Waals surface area contributed by atoms with Crippen molar-refractivity contribution < 1.29 is 61.1 Å². The second kappa shape index (κ2) is 29.6. The number of carbonyl (C=O) groups is 4. The van der Waals surface area contributed by atoms with Crippen molar-refractivity contribution >= 4 is 23.9 Å². The number of alkyl halides is 2. The first-order valence-electron chi connectivity index (χ1n) is 24.7.